The van der Waals surface area contributed by atoms with Crippen LogP contribution < -0.4 is 4.74 Å². The summed E-state index contributed by atoms with van der Waals surface area (Å²) in [7, 11) is 0. The Hall–Kier alpha value is -2.90. The van der Waals surface area contributed by atoms with Crippen LogP contribution >= 0.6 is 0 Å². The molecule has 1 fully saturated rings. The molecule has 1 saturated heterocycles. The Morgan fingerprint density at radius 3 is 2.31 bits per heavy atom. The van der Waals surface area contributed by atoms with Gasteiger partial charge in [0.15, 0.2) is 0 Å². The maximum atomic E-state index is 12.5. The fourth-order valence-corrected chi connectivity index (χ4v) is 2.83. The van der Waals surface area contributed by atoms with Gasteiger partial charge in [-0.05, 0) is 24.6 Å². The molecule has 2 amide bonds. The molecular formula is C18H22N4O4. The number of hydrogen-bond donors (Lipinski definition) is 0. The molecule has 0 saturated carbocycles. The van der Waals surface area contributed by atoms with Crippen LogP contribution in [0, 0.1) is 6.92 Å². The summed E-state index contributed by atoms with van der Waals surface area (Å²) in [6.45, 7) is 6.08. The summed E-state index contributed by atoms with van der Waals surface area (Å²) in [5, 5.41) is 7.43. The van der Waals surface area contributed by atoms with E-state index in [9.17, 15) is 9.59 Å². The Balaban J connectivity index is 1.51. The average molecular weight is 358 g/mol. The lowest BCUT2D eigenvalue weighted by molar-refractivity contribution is -0.131. The minimum absolute atomic E-state index is 0.00309. The van der Waals surface area contributed by atoms with Gasteiger partial charge in [-0.2, -0.15) is 0 Å². The first-order valence-electron chi connectivity index (χ1n) is 8.65. The fraction of sp³-hybridized carbons (Fsp3) is 0.444. The number of aromatic nitrogens is 2. The second-order valence-electron chi connectivity index (χ2n) is 6.05. The predicted molar refractivity (Wildman–Crippen MR) is 92.8 cm³/mol. The lowest BCUT2D eigenvalue weighted by atomic mass is 10.1. The normalized spacial score (nSPS) is 14.4. The van der Waals surface area contributed by atoms with Gasteiger partial charge in [-0.15, -0.1) is 10.2 Å². The number of hydrogen-bond acceptors (Lipinski definition) is 6. The van der Waals surface area contributed by atoms with Crippen molar-refractivity contribution >= 4 is 11.8 Å². The van der Waals surface area contributed by atoms with Gasteiger partial charge in [-0.25, -0.2) is 0 Å². The van der Waals surface area contributed by atoms with Crippen molar-refractivity contribution in [3.63, 3.8) is 0 Å². The fourth-order valence-electron chi connectivity index (χ4n) is 2.83. The van der Waals surface area contributed by atoms with E-state index in [2.05, 4.69) is 10.2 Å². The molecule has 1 aromatic heterocycles. The van der Waals surface area contributed by atoms with E-state index >= 15 is 0 Å². The van der Waals surface area contributed by atoms with Crippen molar-refractivity contribution in [2.45, 2.75) is 20.3 Å². The summed E-state index contributed by atoms with van der Waals surface area (Å²) in [5.41, 5.74) is 0.943. The van der Waals surface area contributed by atoms with Crippen molar-refractivity contribution < 1.29 is 18.7 Å². The van der Waals surface area contributed by atoms with Crippen molar-refractivity contribution in [3.05, 3.63) is 41.6 Å². The van der Waals surface area contributed by atoms with Gasteiger partial charge >= 0.3 is 11.8 Å². The molecular weight excluding hydrogens is 336 g/mol. The molecule has 8 heteroatoms. The molecule has 0 radical (unpaired) electrons. The second kappa shape index (κ2) is 7.99. The summed E-state index contributed by atoms with van der Waals surface area (Å²) >= 11 is 0. The highest BCUT2D eigenvalue weighted by molar-refractivity contribution is 5.89. The number of amides is 2. The smallest absolute Gasteiger partial charge is 0.311 e. The molecule has 0 aliphatic carbocycles. The van der Waals surface area contributed by atoms with Gasteiger partial charge in [-0.3, -0.25) is 9.59 Å². The van der Waals surface area contributed by atoms with Crippen LogP contribution in [-0.4, -0.2) is 64.6 Å². The van der Waals surface area contributed by atoms with Gasteiger partial charge < -0.3 is 19.0 Å². The number of aryl methyl sites for hydroxylation is 1. The first-order valence-corrected chi connectivity index (χ1v) is 8.65. The number of nitrogens with zero attached hydrogens (tertiary/aromatic N) is 4. The molecule has 0 unspecified atom stereocenters. The Bertz CT molecular complexity index is 764. The van der Waals surface area contributed by atoms with Crippen LogP contribution in [0.2, 0.25) is 0 Å². The number of benzene rings is 1. The molecule has 8 nitrogen and oxygen atoms in total. The van der Waals surface area contributed by atoms with Crippen LogP contribution in [-0.2, 0) is 11.2 Å². The summed E-state index contributed by atoms with van der Waals surface area (Å²) < 4.78 is 10.6. The van der Waals surface area contributed by atoms with Crippen LogP contribution in [0.1, 0.15) is 29.1 Å². The van der Waals surface area contributed by atoms with Crippen molar-refractivity contribution in [1.82, 2.24) is 20.0 Å². The Morgan fingerprint density at radius 1 is 1.08 bits per heavy atom. The Labute approximate surface area is 151 Å². The van der Waals surface area contributed by atoms with E-state index in [-0.39, 0.29) is 17.7 Å². The zero-order valence-corrected chi connectivity index (χ0v) is 15.0. The third-order valence-electron chi connectivity index (χ3n) is 4.22. The number of carbonyl (C=O) groups excluding carboxylic acids is 2. The number of piperazine rings is 1. The number of carbonyl (C=O) groups is 2. The molecule has 3 rings (SSSR count). The predicted octanol–water partition coefficient (Wildman–Crippen LogP) is 1.30. The minimum Gasteiger partial charge on any atom is -0.494 e. The quantitative estimate of drug-likeness (QED) is 0.800. The molecule has 138 valence electrons. The topological polar surface area (TPSA) is 88.8 Å². The SMILES string of the molecule is CCOc1ccc(CC(=O)N2CCN(C(=O)c3nnc(C)o3)CC2)cc1. The van der Waals surface area contributed by atoms with E-state index in [1.165, 1.54) is 0 Å². The number of ether oxygens (including phenoxy) is 1. The molecule has 2 heterocycles. The van der Waals surface area contributed by atoms with Crippen LogP contribution in [0.25, 0.3) is 0 Å². The third kappa shape index (κ3) is 4.19. The molecule has 26 heavy (non-hydrogen) atoms. The van der Waals surface area contributed by atoms with Gasteiger partial charge in [0.2, 0.25) is 11.8 Å². The van der Waals surface area contributed by atoms with Gasteiger partial charge in [-0.1, -0.05) is 12.1 Å². The van der Waals surface area contributed by atoms with Gasteiger partial charge in [0.05, 0.1) is 13.0 Å². The van der Waals surface area contributed by atoms with Crippen molar-refractivity contribution in [2.75, 3.05) is 32.8 Å². The molecule has 0 spiro atoms. The van der Waals surface area contributed by atoms with Crippen LogP contribution in [0.4, 0.5) is 0 Å². The van der Waals surface area contributed by atoms with Crippen molar-refractivity contribution in [3.8, 4) is 5.75 Å². The molecule has 2 aromatic rings. The maximum Gasteiger partial charge on any atom is 0.311 e. The zero-order chi connectivity index (χ0) is 18.5. The minimum atomic E-state index is -0.288. The highest BCUT2D eigenvalue weighted by Crippen LogP contribution is 2.14. The molecule has 1 aromatic carbocycles. The van der Waals surface area contributed by atoms with E-state index in [0.717, 1.165) is 11.3 Å². The van der Waals surface area contributed by atoms with Crippen LogP contribution in [0.3, 0.4) is 0 Å². The first-order chi connectivity index (χ1) is 12.6. The average Bonchev–Trinajstić information content (AvgIpc) is 3.09. The summed E-state index contributed by atoms with van der Waals surface area (Å²) in [5.74, 6) is 0.917. The van der Waals surface area contributed by atoms with Crippen molar-refractivity contribution in [1.29, 1.82) is 0 Å². The summed E-state index contributed by atoms with van der Waals surface area (Å²) in [6.07, 6.45) is 0.337. The number of rotatable bonds is 5. The van der Waals surface area contributed by atoms with Crippen molar-refractivity contribution in [2.24, 2.45) is 0 Å². The second-order valence-corrected chi connectivity index (χ2v) is 6.05. The van der Waals surface area contributed by atoms with E-state index < -0.39 is 0 Å². The highest BCUT2D eigenvalue weighted by Gasteiger charge is 2.27. The molecule has 1 aliphatic heterocycles. The molecule has 0 bridgehead atoms. The van der Waals surface area contributed by atoms with E-state index in [0.29, 0.717) is 45.1 Å². The standard InChI is InChI=1S/C18H22N4O4/c1-3-25-15-6-4-14(5-7-15)12-16(23)21-8-10-22(11-9-21)18(24)17-20-19-13(2)26-17/h4-7H,3,8-12H2,1-2H3. The van der Waals surface area contributed by atoms with E-state index in [1.807, 2.05) is 31.2 Å². The van der Waals surface area contributed by atoms with Gasteiger partial charge in [0.25, 0.3) is 0 Å². The van der Waals surface area contributed by atoms with E-state index in [1.54, 1.807) is 16.7 Å². The van der Waals surface area contributed by atoms with Gasteiger partial charge in [0.1, 0.15) is 5.75 Å². The summed E-state index contributed by atoms with van der Waals surface area (Å²) in [4.78, 5) is 28.2. The Kier molecular flexibility index (Phi) is 5.50. The highest BCUT2D eigenvalue weighted by atomic mass is 16.5. The largest absolute Gasteiger partial charge is 0.494 e. The lowest BCUT2D eigenvalue weighted by Crippen LogP contribution is -2.51. The van der Waals surface area contributed by atoms with Gasteiger partial charge in [0, 0.05) is 33.1 Å². The maximum absolute atomic E-state index is 12.5. The molecule has 0 atom stereocenters. The molecule has 1 aliphatic rings. The third-order valence-corrected chi connectivity index (χ3v) is 4.22. The lowest BCUT2D eigenvalue weighted by Gasteiger charge is -2.34. The van der Waals surface area contributed by atoms with Crippen LogP contribution in [0.15, 0.2) is 28.7 Å². The zero-order valence-electron chi connectivity index (χ0n) is 15.0. The van der Waals surface area contributed by atoms with Crippen LogP contribution in [0.5, 0.6) is 5.75 Å². The van der Waals surface area contributed by atoms with E-state index in [4.69, 9.17) is 9.15 Å². The molecule has 0 N–H and O–H groups in total. The first kappa shape index (κ1) is 17.9. The monoisotopic (exact) mass is 358 g/mol. The Morgan fingerprint density at radius 2 is 1.73 bits per heavy atom. The summed E-state index contributed by atoms with van der Waals surface area (Å²) in [6, 6.07) is 7.55.